The lowest BCUT2D eigenvalue weighted by Crippen LogP contribution is -2.44. The fraction of sp³-hybridized carbons (Fsp3) is 0.357. The molecule has 1 fully saturated rings. The van der Waals surface area contributed by atoms with E-state index in [1.165, 1.54) is 4.68 Å². The molecule has 0 saturated carbocycles. The predicted molar refractivity (Wildman–Crippen MR) is 149 cm³/mol. The summed E-state index contributed by atoms with van der Waals surface area (Å²) in [6.45, 7) is 3.11. The molecule has 2 atom stereocenters. The van der Waals surface area contributed by atoms with E-state index in [2.05, 4.69) is 20.7 Å². The number of halogens is 1. The number of carbonyl (C=O) groups is 2. The molecule has 0 radical (unpaired) electrons. The van der Waals surface area contributed by atoms with Gasteiger partial charge >= 0.3 is 0 Å². The minimum Gasteiger partial charge on any atom is -0.492 e. The van der Waals surface area contributed by atoms with E-state index in [1.807, 2.05) is 12.1 Å². The molecule has 2 aliphatic rings. The summed E-state index contributed by atoms with van der Waals surface area (Å²) in [5.74, 6) is -0.246. The van der Waals surface area contributed by atoms with Crippen molar-refractivity contribution in [3.05, 3.63) is 81.0 Å². The van der Waals surface area contributed by atoms with E-state index in [-0.39, 0.29) is 43.6 Å². The van der Waals surface area contributed by atoms with Gasteiger partial charge in [-0.05, 0) is 31.2 Å². The van der Waals surface area contributed by atoms with E-state index in [0.717, 1.165) is 5.39 Å². The Morgan fingerprint density at radius 3 is 2.83 bits per heavy atom. The minimum atomic E-state index is -0.521. The predicted octanol–water partition coefficient (Wildman–Crippen LogP) is 1.96. The average molecular weight is 578 g/mol. The van der Waals surface area contributed by atoms with Crippen LogP contribution in [0.1, 0.15) is 28.2 Å². The van der Waals surface area contributed by atoms with E-state index >= 15 is 0 Å². The number of likely N-dealkylation sites (tertiary alicyclic amines) is 1. The molecule has 41 heavy (non-hydrogen) atoms. The van der Waals surface area contributed by atoms with Gasteiger partial charge < -0.3 is 19.7 Å². The Morgan fingerprint density at radius 2 is 1.98 bits per heavy atom. The number of aryl methyl sites for hydroxylation is 2. The quantitative estimate of drug-likeness (QED) is 0.382. The van der Waals surface area contributed by atoms with E-state index in [1.54, 1.807) is 53.0 Å². The maximum absolute atomic E-state index is 13.4. The first-order valence-electron chi connectivity index (χ1n) is 13.3. The number of hydrogen-bond acceptors (Lipinski definition) is 8. The SMILES string of the molecule is Cc1nn(CC(=O)N2C[C@@H]3NC(=O)c4ccc(Cl)c(c4)OCCCn4cc(nn4)CO[C@H]3C2)c(=O)c2ccccc12. The van der Waals surface area contributed by atoms with Gasteiger partial charge in [0.25, 0.3) is 11.5 Å². The zero-order valence-corrected chi connectivity index (χ0v) is 23.1. The lowest BCUT2D eigenvalue weighted by Gasteiger charge is -2.20. The number of nitrogens with one attached hydrogen (secondary N) is 1. The Balaban J connectivity index is 1.24. The van der Waals surface area contributed by atoms with Crippen LogP contribution < -0.4 is 15.6 Å². The molecule has 2 amide bonds. The van der Waals surface area contributed by atoms with Gasteiger partial charge in [0.05, 0.1) is 47.7 Å². The molecule has 212 valence electrons. The standard InChI is InChI=1S/C28H28ClN7O5/c1-17-20-5-2-3-6-21(20)28(39)36(32-17)15-26(37)34-13-23-25(14-34)41-16-19-12-35(33-31-19)9-4-10-40-24-11-18(27(38)30-23)7-8-22(24)29/h2-3,5-8,11-12,23,25H,4,9-10,13-16H2,1H3,(H,30,38)/t23-,25-/m0/s1. The number of carbonyl (C=O) groups excluding carboxylic acids is 2. The normalized spacial score (nSPS) is 19.5. The lowest BCUT2D eigenvalue weighted by atomic mass is 10.1. The first-order chi connectivity index (χ1) is 19.9. The summed E-state index contributed by atoms with van der Waals surface area (Å²) in [4.78, 5) is 41.3. The van der Waals surface area contributed by atoms with Gasteiger partial charge in [0.1, 0.15) is 18.0 Å². The van der Waals surface area contributed by atoms with Crippen LogP contribution in [0.15, 0.2) is 53.5 Å². The summed E-state index contributed by atoms with van der Waals surface area (Å²) >= 11 is 6.30. The van der Waals surface area contributed by atoms with Gasteiger partial charge in [0.15, 0.2) is 0 Å². The maximum Gasteiger partial charge on any atom is 0.275 e. The lowest BCUT2D eigenvalue weighted by molar-refractivity contribution is -0.131. The molecule has 2 aromatic heterocycles. The summed E-state index contributed by atoms with van der Waals surface area (Å²) in [5.41, 5.74) is 1.32. The molecular formula is C28H28ClN7O5. The molecule has 0 spiro atoms. The number of amides is 2. The number of rotatable bonds is 2. The van der Waals surface area contributed by atoms with Crippen LogP contribution in [0.5, 0.6) is 5.75 Å². The Labute approximate surface area is 239 Å². The van der Waals surface area contributed by atoms with Gasteiger partial charge in [-0.1, -0.05) is 35.0 Å². The zero-order valence-electron chi connectivity index (χ0n) is 22.3. The Morgan fingerprint density at radius 1 is 1.15 bits per heavy atom. The van der Waals surface area contributed by atoms with Gasteiger partial charge in [-0.3, -0.25) is 19.1 Å². The maximum atomic E-state index is 13.4. The molecule has 2 aliphatic heterocycles. The van der Waals surface area contributed by atoms with Gasteiger partial charge in [0, 0.05) is 37.0 Å². The molecule has 12 nitrogen and oxygen atoms in total. The summed E-state index contributed by atoms with van der Waals surface area (Å²) in [7, 11) is 0. The molecule has 4 aromatic rings. The number of fused-ring (bicyclic) bond motifs is 6. The van der Waals surface area contributed by atoms with Crippen molar-refractivity contribution in [2.75, 3.05) is 19.7 Å². The van der Waals surface area contributed by atoms with Crippen LogP contribution in [0.25, 0.3) is 10.8 Å². The van der Waals surface area contributed by atoms with E-state index < -0.39 is 12.1 Å². The van der Waals surface area contributed by atoms with Crippen LogP contribution in [0.3, 0.4) is 0 Å². The van der Waals surface area contributed by atoms with Crippen molar-refractivity contribution in [2.24, 2.45) is 0 Å². The molecule has 2 aromatic carbocycles. The van der Waals surface area contributed by atoms with E-state index in [4.69, 9.17) is 21.1 Å². The number of ether oxygens (including phenoxy) is 2. The summed E-state index contributed by atoms with van der Waals surface area (Å²) in [6, 6.07) is 11.5. The number of aromatic nitrogens is 5. The molecule has 4 heterocycles. The van der Waals surface area contributed by atoms with Crippen LogP contribution in [-0.4, -0.2) is 73.3 Å². The van der Waals surface area contributed by atoms with Crippen LogP contribution in [0.4, 0.5) is 0 Å². The third-order valence-corrected chi connectivity index (χ3v) is 7.60. The van der Waals surface area contributed by atoms with Crippen molar-refractivity contribution in [2.45, 2.75) is 45.2 Å². The van der Waals surface area contributed by atoms with Crippen LogP contribution in [0, 0.1) is 6.92 Å². The molecule has 4 bridgehead atoms. The third-order valence-electron chi connectivity index (χ3n) is 7.29. The van der Waals surface area contributed by atoms with Crippen molar-refractivity contribution in [1.82, 2.24) is 35.0 Å². The summed E-state index contributed by atoms with van der Waals surface area (Å²) in [5, 5.41) is 17.3. The number of benzene rings is 2. The molecule has 0 unspecified atom stereocenters. The van der Waals surface area contributed by atoms with Gasteiger partial charge in [-0.2, -0.15) is 5.10 Å². The second-order valence-electron chi connectivity index (χ2n) is 10.1. The monoisotopic (exact) mass is 577 g/mol. The Hall–Kier alpha value is -4.29. The van der Waals surface area contributed by atoms with Crippen molar-refractivity contribution in [1.29, 1.82) is 0 Å². The van der Waals surface area contributed by atoms with Gasteiger partial charge in [-0.15, -0.1) is 5.10 Å². The minimum absolute atomic E-state index is 0.158. The zero-order chi connectivity index (χ0) is 28.5. The highest BCUT2D eigenvalue weighted by Gasteiger charge is 2.37. The van der Waals surface area contributed by atoms with Crippen LogP contribution in [0.2, 0.25) is 5.02 Å². The number of nitrogens with zero attached hydrogens (tertiary/aromatic N) is 6. The van der Waals surface area contributed by atoms with Crippen molar-refractivity contribution in [3.63, 3.8) is 0 Å². The first-order valence-corrected chi connectivity index (χ1v) is 13.7. The fourth-order valence-electron chi connectivity index (χ4n) is 5.15. The average Bonchev–Trinajstić information content (AvgIpc) is 3.60. The highest BCUT2D eigenvalue weighted by atomic mass is 35.5. The molecule has 0 aliphatic carbocycles. The van der Waals surface area contributed by atoms with E-state index in [0.29, 0.717) is 52.7 Å². The van der Waals surface area contributed by atoms with Crippen molar-refractivity contribution >= 4 is 34.2 Å². The fourth-order valence-corrected chi connectivity index (χ4v) is 5.32. The van der Waals surface area contributed by atoms with Crippen LogP contribution >= 0.6 is 11.6 Å². The Kier molecular flexibility index (Phi) is 7.41. The second kappa shape index (κ2) is 11.3. The number of hydrogen-bond donors (Lipinski definition) is 1. The van der Waals surface area contributed by atoms with Crippen molar-refractivity contribution in [3.8, 4) is 5.75 Å². The van der Waals surface area contributed by atoms with Gasteiger partial charge in [0.2, 0.25) is 5.91 Å². The first kappa shape index (κ1) is 26.9. The van der Waals surface area contributed by atoms with Gasteiger partial charge in [-0.25, -0.2) is 4.68 Å². The summed E-state index contributed by atoms with van der Waals surface area (Å²) < 4.78 is 14.9. The van der Waals surface area contributed by atoms with E-state index in [9.17, 15) is 14.4 Å². The molecule has 1 saturated heterocycles. The smallest absolute Gasteiger partial charge is 0.275 e. The highest BCUT2D eigenvalue weighted by Crippen LogP contribution is 2.26. The molecule has 13 heteroatoms. The van der Waals surface area contributed by atoms with Crippen LogP contribution in [-0.2, 0) is 29.2 Å². The molecule has 6 rings (SSSR count). The molecule has 1 N–H and O–H groups in total. The third kappa shape index (κ3) is 5.66. The molecular weight excluding hydrogens is 550 g/mol. The Bertz CT molecular complexity index is 1690. The largest absolute Gasteiger partial charge is 0.492 e. The summed E-state index contributed by atoms with van der Waals surface area (Å²) in [6.07, 6.45) is 1.93. The second-order valence-corrected chi connectivity index (χ2v) is 10.5. The topological polar surface area (TPSA) is 133 Å². The van der Waals surface area contributed by atoms with Crippen molar-refractivity contribution < 1.29 is 19.1 Å². The highest BCUT2D eigenvalue weighted by molar-refractivity contribution is 6.32.